The van der Waals surface area contributed by atoms with Gasteiger partial charge in [0.15, 0.2) is 0 Å². The fourth-order valence-electron chi connectivity index (χ4n) is 5.44. The van der Waals surface area contributed by atoms with Gasteiger partial charge in [-0.25, -0.2) is 0 Å². The molecular formula is C38H42F6. The molecule has 4 aromatic carbocycles. The Balaban J connectivity index is 0.000000249. The van der Waals surface area contributed by atoms with Gasteiger partial charge in [-0.3, -0.25) is 0 Å². The molecule has 0 N–H and O–H groups in total. The first kappa shape index (κ1) is 34.9. The number of hydrogen-bond donors (Lipinski definition) is 0. The van der Waals surface area contributed by atoms with E-state index in [0.717, 1.165) is 37.1 Å². The number of rotatable bonds is 8. The lowest BCUT2D eigenvalue weighted by molar-refractivity contribution is -0.288. The first-order valence-corrected chi connectivity index (χ1v) is 15.2. The summed E-state index contributed by atoms with van der Waals surface area (Å²) in [7, 11) is 0. The van der Waals surface area contributed by atoms with Crippen LogP contribution in [0.2, 0.25) is 0 Å². The van der Waals surface area contributed by atoms with Crippen molar-refractivity contribution in [3.8, 4) is 0 Å². The van der Waals surface area contributed by atoms with Crippen molar-refractivity contribution < 1.29 is 26.3 Å². The zero-order valence-corrected chi connectivity index (χ0v) is 26.3. The van der Waals surface area contributed by atoms with Crippen LogP contribution in [0.4, 0.5) is 26.3 Å². The summed E-state index contributed by atoms with van der Waals surface area (Å²) in [6, 6.07) is 27.0. The maximum Gasteiger partial charge on any atom is 0.411 e. The number of benzene rings is 4. The van der Waals surface area contributed by atoms with Crippen molar-refractivity contribution in [1.29, 1.82) is 0 Å². The van der Waals surface area contributed by atoms with Crippen LogP contribution in [0.25, 0.3) is 0 Å². The molecule has 0 unspecified atom stereocenters. The van der Waals surface area contributed by atoms with E-state index < -0.39 is 28.9 Å². The average molecular weight is 613 g/mol. The van der Waals surface area contributed by atoms with Crippen molar-refractivity contribution in [2.45, 2.75) is 90.4 Å². The van der Waals surface area contributed by atoms with Crippen molar-refractivity contribution in [1.82, 2.24) is 0 Å². The van der Waals surface area contributed by atoms with E-state index in [1.807, 2.05) is 0 Å². The largest absolute Gasteiger partial charge is 0.411 e. The van der Waals surface area contributed by atoms with Gasteiger partial charge in [0.25, 0.3) is 0 Å². The minimum Gasteiger partial charge on any atom is -0.169 e. The maximum atomic E-state index is 13.9. The molecular weight excluding hydrogens is 570 g/mol. The third-order valence-electron chi connectivity index (χ3n) is 8.61. The van der Waals surface area contributed by atoms with Gasteiger partial charge in [0, 0.05) is 5.41 Å². The van der Waals surface area contributed by atoms with Crippen LogP contribution in [-0.4, -0.2) is 12.4 Å². The van der Waals surface area contributed by atoms with Crippen LogP contribution in [0.1, 0.15) is 86.1 Å². The molecule has 0 aliphatic carbocycles. The Kier molecular flexibility index (Phi) is 11.2. The van der Waals surface area contributed by atoms with E-state index in [4.69, 9.17) is 0 Å². The van der Waals surface area contributed by atoms with Crippen LogP contribution < -0.4 is 0 Å². The highest BCUT2D eigenvalue weighted by Gasteiger charge is 2.72. The van der Waals surface area contributed by atoms with Crippen LogP contribution in [0.5, 0.6) is 0 Å². The first-order valence-electron chi connectivity index (χ1n) is 15.2. The third-order valence-corrected chi connectivity index (χ3v) is 8.61. The van der Waals surface area contributed by atoms with Gasteiger partial charge in [0.2, 0.25) is 5.41 Å². The summed E-state index contributed by atoms with van der Waals surface area (Å²) in [6.07, 6.45) is -7.82. The van der Waals surface area contributed by atoms with Gasteiger partial charge in [0.05, 0.1) is 0 Å². The summed E-state index contributed by atoms with van der Waals surface area (Å²) >= 11 is 0. The highest BCUT2D eigenvalue weighted by atomic mass is 19.4. The SMILES string of the molecule is CCc1ccc(C(C)(C)c2ccc(CC)cc2)cc1.CCc1ccc(C(c2ccc(CC)cc2)(C(F)(F)F)C(F)(F)F)cc1. The summed E-state index contributed by atoms with van der Waals surface area (Å²) in [6.45, 7) is 12.6. The minimum absolute atomic E-state index is 0.0680. The standard InChI is InChI=1S/C19H18F6.C19H24/c1-3-13-5-9-15(10-6-13)17(18(20,21)22,19(23,24)25)16-11-7-14(4-2)8-12-16;1-5-15-7-11-17(12-8-15)19(3,4)18-13-9-16(6-2)10-14-18/h5-12H,3-4H2,1-2H3;7-14H,5-6H2,1-4H3. The molecule has 44 heavy (non-hydrogen) atoms. The smallest absolute Gasteiger partial charge is 0.169 e. The second-order valence-electron chi connectivity index (χ2n) is 11.6. The lowest BCUT2D eigenvalue weighted by atomic mass is 9.72. The average Bonchev–Trinajstić information content (AvgIpc) is 3.01. The molecule has 0 bridgehead atoms. The van der Waals surface area contributed by atoms with Crippen molar-refractivity contribution >= 4 is 0 Å². The Hall–Kier alpha value is -3.54. The topological polar surface area (TPSA) is 0 Å². The molecule has 0 aliphatic rings. The maximum absolute atomic E-state index is 13.9. The van der Waals surface area contributed by atoms with E-state index in [-0.39, 0.29) is 5.41 Å². The molecule has 0 aliphatic heterocycles. The van der Waals surface area contributed by atoms with E-state index in [1.54, 1.807) is 13.8 Å². The Morgan fingerprint density at radius 1 is 0.364 bits per heavy atom. The lowest BCUT2D eigenvalue weighted by Gasteiger charge is -2.38. The molecule has 236 valence electrons. The molecule has 6 heteroatoms. The first-order chi connectivity index (χ1) is 20.6. The molecule has 0 fully saturated rings. The summed E-state index contributed by atoms with van der Waals surface area (Å²) in [5, 5.41) is 0. The van der Waals surface area contributed by atoms with Crippen molar-refractivity contribution in [2.75, 3.05) is 0 Å². The normalized spacial score (nSPS) is 12.5. The van der Waals surface area contributed by atoms with Gasteiger partial charge in [0.1, 0.15) is 0 Å². The molecule has 0 heterocycles. The molecule has 0 saturated heterocycles. The van der Waals surface area contributed by atoms with Crippen LogP contribution in [0.3, 0.4) is 0 Å². The summed E-state index contributed by atoms with van der Waals surface area (Å²) in [5.74, 6) is 0. The Bertz CT molecular complexity index is 1330. The summed E-state index contributed by atoms with van der Waals surface area (Å²) in [5.41, 5.74) is 1.27. The number of hydrogen-bond acceptors (Lipinski definition) is 0. The molecule has 4 aromatic rings. The Labute approximate surface area is 258 Å². The molecule has 0 spiro atoms. The predicted octanol–water partition coefficient (Wildman–Crippen LogP) is 11.4. The Morgan fingerprint density at radius 3 is 0.750 bits per heavy atom. The number of aryl methyl sites for hydroxylation is 4. The monoisotopic (exact) mass is 612 g/mol. The summed E-state index contributed by atoms with van der Waals surface area (Å²) in [4.78, 5) is 0. The molecule has 0 atom stereocenters. The molecule has 0 aromatic heterocycles. The number of halogens is 6. The van der Waals surface area contributed by atoms with E-state index in [2.05, 4.69) is 76.2 Å². The molecule has 0 amide bonds. The van der Waals surface area contributed by atoms with Crippen LogP contribution in [0.15, 0.2) is 97.1 Å². The highest BCUT2D eigenvalue weighted by Crippen LogP contribution is 2.56. The van der Waals surface area contributed by atoms with Crippen LogP contribution in [-0.2, 0) is 36.5 Å². The zero-order chi connectivity index (χ0) is 32.8. The van der Waals surface area contributed by atoms with Gasteiger partial charge in [-0.2, -0.15) is 26.3 Å². The van der Waals surface area contributed by atoms with Crippen molar-refractivity contribution in [2.24, 2.45) is 0 Å². The Morgan fingerprint density at radius 2 is 0.568 bits per heavy atom. The second kappa shape index (κ2) is 14.0. The van der Waals surface area contributed by atoms with Crippen molar-refractivity contribution in [3.05, 3.63) is 142 Å². The summed E-state index contributed by atoms with van der Waals surface area (Å²) < 4.78 is 83.3. The second-order valence-corrected chi connectivity index (χ2v) is 11.6. The van der Waals surface area contributed by atoms with E-state index >= 15 is 0 Å². The van der Waals surface area contributed by atoms with Gasteiger partial charge in [-0.15, -0.1) is 0 Å². The molecule has 0 saturated carbocycles. The quantitative estimate of drug-likeness (QED) is 0.174. The molecule has 4 rings (SSSR count). The minimum atomic E-state index is -5.54. The number of alkyl halides is 6. The van der Waals surface area contributed by atoms with E-state index in [0.29, 0.717) is 24.0 Å². The van der Waals surface area contributed by atoms with Gasteiger partial charge >= 0.3 is 12.4 Å². The highest BCUT2D eigenvalue weighted by molar-refractivity contribution is 5.46. The van der Waals surface area contributed by atoms with Gasteiger partial charge in [-0.05, 0) is 70.2 Å². The molecule has 0 nitrogen and oxygen atoms in total. The van der Waals surface area contributed by atoms with Crippen LogP contribution >= 0.6 is 0 Å². The fourth-order valence-corrected chi connectivity index (χ4v) is 5.44. The lowest BCUT2D eigenvalue weighted by Crippen LogP contribution is -2.54. The zero-order valence-electron chi connectivity index (χ0n) is 26.3. The molecule has 0 radical (unpaired) electrons. The van der Waals surface area contributed by atoms with Crippen molar-refractivity contribution in [3.63, 3.8) is 0 Å². The van der Waals surface area contributed by atoms with Gasteiger partial charge < -0.3 is 0 Å². The van der Waals surface area contributed by atoms with E-state index in [9.17, 15) is 26.3 Å². The van der Waals surface area contributed by atoms with E-state index in [1.165, 1.54) is 46.5 Å². The predicted molar refractivity (Wildman–Crippen MR) is 168 cm³/mol. The van der Waals surface area contributed by atoms with Crippen LogP contribution in [0, 0.1) is 0 Å². The third kappa shape index (κ3) is 7.22. The fraction of sp³-hybridized carbons (Fsp3) is 0.368. The van der Waals surface area contributed by atoms with Gasteiger partial charge in [-0.1, -0.05) is 139 Å².